The van der Waals surface area contributed by atoms with Crippen LogP contribution in [0.4, 0.5) is 10.2 Å². The Morgan fingerprint density at radius 3 is 2.79 bits per heavy atom. The van der Waals surface area contributed by atoms with Crippen LogP contribution in [0.25, 0.3) is 0 Å². The van der Waals surface area contributed by atoms with Crippen LogP contribution in [0, 0.1) is 12.7 Å². The highest BCUT2D eigenvalue weighted by atomic mass is 19.1. The zero-order chi connectivity index (χ0) is 17.1. The summed E-state index contributed by atoms with van der Waals surface area (Å²) in [4.78, 5) is 8.97. The van der Waals surface area contributed by atoms with Crippen LogP contribution in [-0.4, -0.2) is 41.2 Å². The lowest BCUT2D eigenvalue weighted by Gasteiger charge is -2.35. The van der Waals surface area contributed by atoms with Crippen LogP contribution in [-0.2, 0) is 13.1 Å². The fourth-order valence-corrected chi connectivity index (χ4v) is 3.24. The number of nitrogens with zero attached hydrogens (tertiary/aromatic N) is 3. The Balaban J connectivity index is 1.90. The monoisotopic (exact) mass is 329 g/mol. The van der Waals surface area contributed by atoms with Gasteiger partial charge in [-0.05, 0) is 25.5 Å². The maximum Gasteiger partial charge on any atom is 0.133 e. The number of aryl methyl sites for hydroxylation is 1. The molecule has 1 aromatic carbocycles. The summed E-state index contributed by atoms with van der Waals surface area (Å²) in [7, 11) is 1.98. The number of benzene rings is 1. The molecule has 0 fully saturated rings. The fourth-order valence-electron chi connectivity index (χ4n) is 3.24. The molecule has 5 heteroatoms. The van der Waals surface area contributed by atoms with Crippen molar-refractivity contribution in [1.82, 2.24) is 9.88 Å². The molecule has 1 atom stereocenters. The van der Waals surface area contributed by atoms with Crippen molar-refractivity contribution in [3.63, 3.8) is 0 Å². The van der Waals surface area contributed by atoms with E-state index in [4.69, 9.17) is 0 Å². The normalized spacial score (nSPS) is 18.8. The van der Waals surface area contributed by atoms with Gasteiger partial charge in [-0.3, -0.25) is 4.90 Å². The molecule has 2 heterocycles. The van der Waals surface area contributed by atoms with Crippen molar-refractivity contribution in [3.8, 4) is 0 Å². The quantitative estimate of drug-likeness (QED) is 0.940. The van der Waals surface area contributed by atoms with Gasteiger partial charge in [-0.1, -0.05) is 24.3 Å². The summed E-state index contributed by atoms with van der Waals surface area (Å²) < 4.78 is 14.0. The smallest absolute Gasteiger partial charge is 0.133 e. The number of rotatable bonds is 3. The van der Waals surface area contributed by atoms with E-state index in [1.165, 1.54) is 6.07 Å². The van der Waals surface area contributed by atoms with Crippen molar-refractivity contribution in [2.45, 2.75) is 32.5 Å². The van der Waals surface area contributed by atoms with Gasteiger partial charge in [0.25, 0.3) is 0 Å². The van der Waals surface area contributed by atoms with Crippen molar-refractivity contribution in [1.29, 1.82) is 0 Å². The first-order chi connectivity index (χ1) is 11.6. The van der Waals surface area contributed by atoms with Crippen LogP contribution in [0.5, 0.6) is 0 Å². The second-order valence-corrected chi connectivity index (χ2v) is 6.47. The Labute approximate surface area is 142 Å². The van der Waals surface area contributed by atoms with Gasteiger partial charge < -0.3 is 10.0 Å². The van der Waals surface area contributed by atoms with Gasteiger partial charge in [0.1, 0.15) is 11.6 Å². The summed E-state index contributed by atoms with van der Waals surface area (Å²) in [5, 5.41) is 9.75. The first-order valence-corrected chi connectivity index (χ1v) is 8.34. The van der Waals surface area contributed by atoms with E-state index in [0.29, 0.717) is 12.1 Å². The van der Waals surface area contributed by atoms with Crippen LogP contribution in [0.3, 0.4) is 0 Å². The highest BCUT2D eigenvalue weighted by molar-refractivity contribution is 5.48. The fraction of sp³-hybridized carbons (Fsp3) is 0.421. The van der Waals surface area contributed by atoms with Gasteiger partial charge in [-0.15, -0.1) is 0 Å². The molecule has 0 bridgehead atoms. The van der Waals surface area contributed by atoms with E-state index in [0.717, 1.165) is 36.6 Å². The number of anilines is 1. The molecule has 1 aliphatic rings. The molecule has 128 valence electrons. The van der Waals surface area contributed by atoms with Crippen molar-refractivity contribution in [2.75, 3.05) is 25.1 Å². The molecule has 0 unspecified atom stereocenters. The average Bonchev–Trinajstić information content (AvgIpc) is 2.57. The molecule has 0 amide bonds. The predicted molar refractivity (Wildman–Crippen MR) is 93.4 cm³/mol. The molecule has 1 aromatic heterocycles. The van der Waals surface area contributed by atoms with Crippen molar-refractivity contribution < 1.29 is 9.50 Å². The second-order valence-electron chi connectivity index (χ2n) is 6.47. The van der Waals surface area contributed by atoms with Crippen molar-refractivity contribution in [2.24, 2.45) is 0 Å². The molecule has 0 radical (unpaired) electrons. The molecule has 4 nitrogen and oxygen atoms in total. The van der Waals surface area contributed by atoms with Gasteiger partial charge in [0.05, 0.1) is 12.6 Å². The summed E-state index contributed by atoms with van der Waals surface area (Å²) in [6.45, 7) is 4.13. The number of pyridine rings is 1. The molecular weight excluding hydrogens is 305 g/mol. The SMILES string of the molecule is Cc1ccc2c(n1)N(C)[C@H](CO)CCN(Cc1ccccc1F)C2. The zero-order valence-electron chi connectivity index (χ0n) is 14.2. The van der Waals surface area contributed by atoms with E-state index in [1.807, 2.05) is 32.2 Å². The van der Waals surface area contributed by atoms with Gasteiger partial charge in [0, 0.05) is 43.5 Å². The largest absolute Gasteiger partial charge is 0.394 e. The van der Waals surface area contributed by atoms with Gasteiger partial charge in [0.15, 0.2) is 0 Å². The number of aliphatic hydroxyl groups excluding tert-OH is 1. The van der Waals surface area contributed by atoms with Gasteiger partial charge in [-0.25, -0.2) is 9.37 Å². The third kappa shape index (κ3) is 3.57. The topological polar surface area (TPSA) is 39.6 Å². The van der Waals surface area contributed by atoms with Gasteiger partial charge in [0.2, 0.25) is 0 Å². The molecular formula is C19H24FN3O. The van der Waals surface area contributed by atoms with Gasteiger partial charge in [-0.2, -0.15) is 0 Å². The van der Waals surface area contributed by atoms with Crippen LogP contribution < -0.4 is 4.90 Å². The van der Waals surface area contributed by atoms with E-state index in [9.17, 15) is 9.50 Å². The third-order valence-corrected chi connectivity index (χ3v) is 4.71. The standard InChI is InChI=1S/C19H24FN3O/c1-14-7-8-16-12-23(11-15-5-3-4-6-18(15)20)10-9-17(13-24)22(2)19(16)21-14/h3-8,17,24H,9-13H2,1-2H3/t17-/m0/s1. The van der Waals surface area contributed by atoms with Crippen LogP contribution >= 0.6 is 0 Å². The molecule has 0 aliphatic carbocycles. The molecule has 1 N–H and O–H groups in total. The Bertz CT molecular complexity index is 707. The Kier molecular flexibility index (Phi) is 5.11. The summed E-state index contributed by atoms with van der Waals surface area (Å²) in [6.07, 6.45) is 0.816. The Morgan fingerprint density at radius 2 is 2.04 bits per heavy atom. The Hall–Kier alpha value is -1.98. The van der Waals surface area contributed by atoms with Crippen molar-refractivity contribution in [3.05, 3.63) is 59.0 Å². The highest BCUT2D eigenvalue weighted by Crippen LogP contribution is 2.26. The number of hydrogen-bond acceptors (Lipinski definition) is 4. The summed E-state index contributed by atoms with van der Waals surface area (Å²) >= 11 is 0. The maximum absolute atomic E-state index is 14.0. The van der Waals surface area contributed by atoms with E-state index in [2.05, 4.69) is 20.9 Å². The molecule has 1 aliphatic heterocycles. The zero-order valence-corrected chi connectivity index (χ0v) is 14.2. The van der Waals surface area contributed by atoms with Crippen LogP contribution in [0.2, 0.25) is 0 Å². The number of likely N-dealkylation sites (N-methyl/N-ethyl adjacent to an activating group) is 1. The second kappa shape index (κ2) is 7.28. The lowest BCUT2D eigenvalue weighted by atomic mass is 10.1. The summed E-state index contributed by atoms with van der Waals surface area (Å²) in [5.74, 6) is 0.741. The molecule has 2 aromatic rings. The van der Waals surface area contributed by atoms with Crippen LogP contribution in [0.15, 0.2) is 36.4 Å². The lowest BCUT2D eigenvalue weighted by molar-refractivity contribution is 0.204. The predicted octanol–water partition coefficient (Wildman–Crippen LogP) is 2.73. The first kappa shape index (κ1) is 16.9. The summed E-state index contributed by atoms with van der Waals surface area (Å²) in [6, 6.07) is 11.0. The number of hydrogen-bond donors (Lipinski definition) is 1. The lowest BCUT2D eigenvalue weighted by Crippen LogP contribution is -2.41. The minimum absolute atomic E-state index is 0.0153. The van der Waals surface area contributed by atoms with Crippen molar-refractivity contribution >= 4 is 5.82 Å². The van der Waals surface area contributed by atoms with E-state index < -0.39 is 0 Å². The maximum atomic E-state index is 14.0. The number of aromatic nitrogens is 1. The first-order valence-electron chi connectivity index (χ1n) is 8.34. The van der Waals surface area contributed by atoms with Crippen LogP contribution in [0.1, 0.15) is 23.2 Å². The minimum Gasteiger partial charge on any atom is -0.394 e. The van der Waals surface area contributed by atoms with E-state index in [-0.39, 0.29) is 18.5 Å². The molecule has 24 heavy (non-hydrogen) atoms. The Morgan fingerprint density at radius 1 is 1.25 bits per heavy atom. The number of fused-ring (bicyclic) bond motifs is 1. The van der Waals surface area contributed by atoms with E-state index in [1.54, 1.807) is 6.07 Å². The summed E-state index contributed by atoms with van der Waals surface area (Å²) in [5.41, 5.74) is 2.77. The molecule has 0 saturated heterocycles. The minimum atomic E-state index is -0.169. The molecule has 3 rings (SSSR count). The number of aliphatic hydroxyl groups is 1. The average molecular weight is 329 g/mol. The van der Waals surface area contributed by atoms with Gasteiger partial charge >= 0.3 is 0 Å². The van der Waals surface area contributed by atoms with E-state index >= 15 is 0 Å². The number of halogens is 1. The highest BCUT2D eigenvalue weighted by Gasteiger charge is 2.24. The third-order valence-electron chi connectivity index (χ3n) is 4.71. The molecule has 0 spiro atoms. The molecule has 0 saturated carbocycles.